The highest BCUT2D eigenvalue weighted by Gasteiger charge is 2.24. The van der Waals surface area contributed by atoms with Gasteiger partial charge in [-0.3, -0.25) is 9.52 Å². The third kappa shape index (κ3) is 6.45. The first-order valence-corrected chi connectivity index (χ1v) is 11.9. The molecule has 0 saturated carbocycles. The molecule has 0 radical (unpaired) electrons. The average molecular weight is 449 g/mol. The van der Waals surface area contributed by atoms with E-state index in [4.69, 9.17) is 4.74 Å². The van der Waals surface area contributed by atoms with E-state index in [1.807, 2.05) is 39.8 Å². The van der Waals surface area contributed by atoms with Crippen molar-refractivity contribution in [1.82, 2.24) is 0 Å². The number of hydrogen-bond donors (Lipinski definition) is 3. The molecule has 0 saturated heterocycles. The van der Waals surface area contributed by atoms with Crippen LogP contribution in [0.4, 0.5) is 11.4 Å². The maximum atomic E-state index is 13.0. The summed E-state index contributed by atoms with van der Waals surface area (Å²) in [5.41, 5.74) is 1.88. The molecule has 2 rings (SSSR count). The molecule has 2 aromatic rings. The van der Waals surface area contributed by atoms with Gasteiger partial charge < -0.3 is 15.2 Å². The summed E-state index contributed by atoms with van der Waals surface area (Å²) >= 11 is 0. The van der Waals surface area contributed by atoms with Gasteiger partial charge in [0, 0.05) is 17.4 Å². The predicted molar refractivity (Wildman–Crippen MR) is 123 cm³/mol. The van der Waals surface area contributed by atoms with Gasteiger partial charge in [0.15, 0.2) is 0 Å². The van der Waals surface area contributed by atoms with Crippen molar-refractivity contribution in [2.24, 2.45) is 11.8 Å². The van der Waals surface area contributed by atoms with E-state index in [9.17, 15) is 18.3 Å². The van der Waals surface area contributed by atoms with Gasteiger partial charge in [-0.25, -0.2) is 8.42 Å². The lowest BCUT2D eigenvalue weighted by molar-refractivity contribution is -0.122. The van der Waals surface area contributed by atoms with Crippen molar-refractivity contribution in [1.29, 1.82) is 0 Å². The first-order chi connectivity index (χ1) is 14.6. The lowest BCUT2D eigenvalue weighted by atomic mass is 9.96. The Hall–Kier alpha value is -2.58. The van der Waals surface area contributed by atoms with Crippen LogP contribution in [0.25, 0.3) is 0 Å². The number of rotatable bonds is 10. The van der Waals surface area contributed by atoms with E-state index in [1.54, 1.807) is 19.1 Å². The molecule has 8 heteroatoms. The van der Waals surface area contributed by atoms with Crippen molar-refractivity contribution in [2.45, 2.75) is 45.4 Å². The number of carbonyl (C=O) groups excluding carboxylic acids is 1. The zero-order valence-electron chi connectivity index (χ0n) is 18.7. The molecular weight excluding hydrogens is 416 g/mol. The number of aliphatic hydroxyl groups excluding tert-OH is 1. The Balaban J connectivity index is 2.33. The van der Waals surface area contributed by atoms with E-state index in [2.05, 4.69) is 10.0 Å². The van der Waals surface area contributed by atoms with Gasteiger partial charge >= 0.3 is 0 Å². The number of ether oxygens (including phenoxy) is 1. The molecular formula is C23H32N2O5S. The largest absolute Gasteiger partial charge is 0.492 e. The Bertz CT molecular complexity index is 1000. The van der Waals surface area contributed by atoms with Gasteiger partial charge in [0.05, 0.1) is 19.1 Å². The maximum absolute atomic E-state index is 13.0. The number of anilines is 2. The summed E-state index contributed by atoms with van der Waals surface area (Å²) in [5, 5.41) is 12.2. The quantitative estimate of drug-likeness (QED) is 0.505. The van der Waals surface area contributed by atoms with Crippen molar-refractivity contribution in [3.8, 4) is 5.75 Å². The number of sulfonamides is 1. The lowest BCUT2D eigenvalue weighted by Crippen LogP contribution is -2.29. The number of hydrogen-bond acceptors (Lipinski definition) is 5. The van der Waals surface area contributed by atoms with Crippen LogP contribution in [0, 0.1) is 11.8 Å². The lowest BCUT2D eigenvalue weighted by Gasteiger charge is -2.19. The fourth-order valence-electron chi connectivity index (χ4n) is 3.08. The summed E-state index contributed by atoms with van der Waals surface area (Å²) < 4.78 is 34.3. The molecule has 1 amide bonds. The number of carbonyl (C=O) groups is 1. The average Bonchev–Trinajstić information content (AvgIpc) is 2.68. The maximum Gasteiger partial charge on any atom is 0.265 e. The first kappa shape index (κ1) is 24.7. The number of amides is 1. The van der Waals surface area contributed by atoms with Crippen molar-refractivity contribution < 1.29 is 23.1 Å². The minimum atomic E-state index is -3.92. The van der Waals surface area contributed by atoms with Gasteiger partial charge in [0.2, 0.25) is 5.91 Å². The molecule has 0 spiro atoms. The van der Waals surface area contributed by atoms with Crippen LogP contribution in [0.1, 0.15) is 46.1 Å². The van der Waals surface area contributed by atoms with Crippen LogP contribution in [0.3, 0.4) is 0 Å². The van der Waals surface area contributed by atoms with Gasteiger partial charge in [-0.05, 0) is 48.6 Å². The van der Waals surface area contributed by atoms with Crippen LogP contribution in [-0.2, 0) is 14.8 Å². The number of nitrogens with one attached hydrogen (secondary N) is 2. The van der Waals surface area contributed by atoms with Crippen molar-refractivity contribution in [3.05, 3.63) is 48.0 Å². The van der Waals surface area contributed by atoms with E-state index in [1.165, 1.54) is 18.2 Å². The second-order valence-corrected chi connectivity index (χ2v) is 9.65. The molecule has 0 heterocycles. The third-order valence-electron chi connectivity index (χ3n) is 4.94. The Kier molecular flexibility index (Phi) is 8.47. The molecule has 0 aliphatic heterocycles. The van der Waals surface area contributed by atoms with E-state index >= 15 is 0 Å². The van der Waals surface area contributed by atoms with Crippen LogP contribution in [0.2, 0.25) is 0 Å². The summed E-state index contributed by atoms with van der Waals surface area (Å²) in [6.07, 6.45) is 0. The molecule has 0 fully saturated rings. The molecule has 31 heavy (non-hydrogen) atoms. The topological polar surface area (TPSA) is 105 Å². The Morgan fingerprint density at radius 3 is 2.35 bits per heavy atom. The molecule has 0 bridgehead atoms. The molecule has 0 aliphatic carbocycles. The second kappa shape index (κ2) is 10.6. The van der Waals surface area contributed by atoms with Crippen molar-refractivity contribution in [3.63, 3.8) is 0 Å². The normalized spacial score (nSPS) is 12.6. The number of aliphatic hydroxyl groups is 1. The zero-order chi connectivity index (χ0) is 23.2. The molecule has 0 unspecified atom stereocenters. The minimum absolute atomic E-state index is 0.0233. The third-order valence-corrected chi connectivity index (χ3v) is 6.37. The summed E-state index contributed by atoms with van der Waals surface area (Å²) in [7, 11) is -3.92. The van der Waals surface area contributed by atoms with Gasteiger partial charge in [-0.2, -0.15) is 0 Å². The fourth-order valence-corrected chi connectivity index (χ4v) is 4.26. The molecule has 170 valence electrons. The van der Waals surface area contributed by atoms with Crippen molar-refractivity contribution >= 4 is 27.3 Å². The fraction of sp³-hybridized carbons (Fsp3) is 0.435. The summed E-state index contributed by atoms with van der Waals surface area (Å²) in [4.78, 5) is 12.4. The summed E-state index contributed by atoms with van der Waals surface area (Å²) in [5.74, 6) is -0.535. The molecule has 0 aromatic heterocycles. The second-order valence-electron chi connectivity index (χ2n) is 8.00. The molecule has 2 aromatic carbocycles. The Morgan fingerprint density at radius 1 is 1.06 bits per heavy atom. The minimum Gasteiger partial charge on any atom is -0.492 e. The highest BCUT2D eigenvalue weighted by molar-refractivity contribution is 7.92. The van der Waals surface area contributed by atoms with Crippen LogP contribution >= 0.6 is 0 Å². The van der Waals surface area contributed by atoms with Crippen molar-refractivity contribution in [2.75, 3.05) is 23.3 Å². The predicted octanol–water partition coefficient (Wildman–Crippen LogP) is 4.21. The molecule has 0 aliphatic rings. The SMILES string of the molecule is CCOc1cc(NC(=O)[C@@H](CO)C(C)C)ccc1S(=O)(=O)Nc1cccc(C(C)C)c1. The monoisotopic (exact) mass is 448 g/mol. The van der Waals surface area contributed by atoms with Crippen LogP contribution in [0.15, 0.2) is 47.4 Å². The van der Waals surface area contributed by atoms with Gasteiger partial charge in [0.1, 0.15) is 10.6 Å². The summed E-state index contributed by atoms with van der Waals surface area (Å²) in [6.45, 7) is 9.51. The Labute approximate surface area is 184 Å². The zero-order valence-corrected chi connectivity index (χ0v) is 19.5. The molecule has 1 atom stereocenters. The highest BCUT2D eigenvalue weighted by atomic mass is 32.2. The van der Waals surface area contributed by atoms with E-state index in [-0.39, 0.29) is 41.6 Å². The first-order valence-electron chi connectivity index (χ1n) is 10.4. The van der Waals surface area contributed by atoms with Gasteiger partial charge in [0.25, 0.3) is 10.0 Å². The van der Waals surface area contributed by atoms with E-state index in [0.717, 1.165) is 5.56 Å². The molecule has 3 N–H and O–H groups in total. The smallest absolute Gasteiger partial charge is 0.265 e. The molecule has 7 nitrogen and oxygen atoms in total. The van der Waals surface area contributed by atoms with Gasteiger partial charge in [-0.15, -0.1) is 0 Å². The number of benzene rings is 2. The van der Waals surface area contributed by atoms with Crippen LogP contribution < -0.4 is 14.8 Å². The standard InChI is InChI=1S/C23H32N2O5S/c1-6-30-21-13-18(24-23(27)20(14-26)16(4)5)10-11-22(21)31(28,29)25-19-9-7-8-17(12-19)15(2)3/h7-13,15-16,20,25-26H,6,14H2,1-5H3,(H,24,27)/t20-/m0/s1. The summed E-state index contributed by atoms with van der Waals surface area (Å²) in [6, 6.07) is 11.6. The van der Waals surface area contributed by atoms with E-state index < -0.39 is 15.9 Å². The van der Waals surface area contributed by atoms with E-state index in [0.29, 0.717) is 11.4 Å². The van der Waals surface area contributed by atoms with Crippen LogP contribution in [0.5, 0.6) is 5.75 Å². The Morgan fingerprint density at radius 2 is 1.77 bits per heavy atom. The van der Waals surface area contributed by atoms with Gasteiger partial charge in [-0.1, -0.05) is 39.8 Å². The van der Waals surface area contributed by atoms with Crippen LogP contribution in [-0.4, -0.2) is 32.6 Å². The highest BCUT2D eigenvalue weighted by Crippen LogP contribution is 2.30.